The maximum Gasteiger partial charge on any atom is 0.299 e. The van der Waals surface area contributed by atoms with E-state index in [0.717, 1.165) is 17.0 Å². The van der Waals surface area contributed by atoms with Crippen LogP contribution in [0.25, 0.3) is 0 Å². The van der Waals surface area contributed by atoms with Crippen LogP contribution in [-0.2, 0) is 9.59 Å². The maximum absolute atomic E-state index is 13.9. The number of anilines is 1. The molecule has 112 valence electrons. The van der Waals surface area contributed by atoms with Gasteiger partial charge in [0.1, 0.15) is 11.6 Å². The maximum atomic E-state index is 13.9. The van der Waals surface area contributed by atoms with Crippen molar-refractivity contribution in [2.24, 2.45) is 11.3 Å². The van der Waals surface area contributed by atoms with E-state index in [-0.39, 0.29) is 6.54 Å². The molecule has 0 saturated heterocycles. The molecule has 0 unspecified atom stereocenters. The number of halogens is 2. The number of benzene rings is 1. The molecule has 0 aromatic heterocycles. The highest BCUT2D eigenvalue weighted by Crippen LogP contribution is 2.35. The van der Waals surface area contributed by atoms with Crippen molar-refractivity contribution in [3.05, 3.63) is 29.3 Å². The highest BCUT2D eigenvalue weighted by atomic mass is 19.1. The van der Waals surface area contributed by atoms with Crippen molar-refractivity contribution < 1.29 is 23.2 Å². The van der Waals surface area contributed by atoms with Crippen LogP contribution in [0.3, 0.4) is 0 Å². The second-order valence-corrected chi connectivity index (χ2v) is 5.33. The lowest BCUT2D eigenvalue weighted by molar-refractivity contribution is -0.129. The van der Waals surface area contributed by atoms with Gasteiger partial charge in [-0.1, -0.05) is 0 Å². The summed E-state index contributed by atoms with van der Waals surface area (Å²) in [4.78, 5) is 36.1. The van der Waals surface area contributed by atoms with Crippen molar-refractivity contribution in [2.45, 2.75) is 13.8 Å². The molecule has 1 aromatic rings. The van der Waals surface area contributed by atoms with Gasteiger partial charge in [-0.2, -0.15) is 0 Å². The van der Waals surface area contributed by atoms with Gasteiger partial charge in [-0.25, -0.2) is 14.6 Å². The summed E-state index contributed by atoms with van der Waals surface area (Å²) in [5.41, 5.74) is -0.313. The van der Waals surface area contributed by atoms with Crippen LogP contribution in [0.2, 0.25) is 0 Å². The molecule has 6 nitrogen and oxygen atoms in total. The summed E-state index contributed by atoms with van der Waals surface area (Å²) in [5.74, 6) is 0.339. The molecule has 1 aliphatic heterocycles. The number of nitrogens with one attached hydrogen (secondary N) is 1. The van der Waals surface area contributed by atoms with E-state index in [4.69, 9.17) is 5.84 Å². The second-order valence-electron chi connectivity index (χ2n) is 5.33. The molecular weight excluding hydrogens is 284 g/mol. The summed E-state index contributed by atoms with van der Waals surface area (Å²) in [5, 5.41) is 0. The fraction of sp³-hybridized carbons (Fsp3) is 0.308. The Kier molecular flexibility index (Phi) is 3.50. The van der Waals surface area contributed by atoms with Gasteiger partial charge >= 0.3 is 0 Å². The summed E-state index contributed by atoms with van der Waals surface area (Å²) in [6.07, 6.45) is 0. The average molecular weight is 297 g/mol. The van der Waals surface area contributed by atoms with Gasteiger partial charge in [0.25, 0.3) is 11.7 Å². The molecule has 1 aromatic carbocycles. The van der Waals surface area contributed by atoms with Gasteiger partial charge in [0.2, 0.25) is 5.91 Å². The van der Waals surface area contributed by atoms with Gasteiger partial charge in [0, 0.05) is 6.54 Å². The second kappa shape index (κ2) is 4.88. The molecule has 2 amide bonds. The Morgan fingerprint density at radius 1 is 1.29 bits per heavy atom. The zero-order chi connectivity index (χ0) is 15.9. The number of rotatable bonds is 3. The molecular formula is C13H13F2N3O3. The number of Topliss-reactive ketones (excluding diaryl/α,β-unsaturated/α-hetero) is 1. The lowest BCUT2D eigenvalue weighted by Crippen LogP contribution is -2.48. The monoisotopic (exact) mass is 297 g/mol. The highest BCUT2D eigenvalue weighted by Gasteiger charge is 2.44. The smallest absolute Gasteiger partial charge is 0.299 e. The first-order valence-electron chi connectivity index (χ1n) is 6.06. The average Bonchev–Trinajstić information content (AvgIpc) is 2.67. The molecule has 0 saturated carbocycles. The Balaban J connectivity index is 2.50. The summed E-state index contributed by atoms with van der Waals surface area (Å²) in [7, 11) is 0. The lowest BCUT2D eigenvalue weighted by atomic mass is 9.91. The van der Waals surface area contributed by atoms with E-state index >= 15 is 0 Å². The number of hydrazine groups is 1. The van der Waals surface area contributed by atoms with Crippen molar-refractivity contribution in [3.63, 3.8) is 0 Å². The predicted molar refractivity (Wildman–Crippen MR) is 69.2 cm³/mol. The first kappa shape index (κ1) is 15.0. The van der Waals surface area contributed by atoms with Crippen LogP contribution in [0.5, 0.6) is 0 Å². The molecule has 3 N–H and O–H groups in total. The number of hydrogen-bond acceptors (Lipinski definition) is 4. The number of amides is 2. The summed E-state index contributed by atoms with van der Waals surface area (Å²) < 4.78 is 27.5. The fourth-order valence-corrected chi connectivity index (χ4v) is 2.17. The van der Waals surface area contributed by atoms with Gasteiger partial charge in [0.05, 0.1) is 16.7 Å². The first-order valence-corrected chi connectivity index (χ1v) is 6.06. The Hall–Kier alpha value is -2.35. The van der Waals surface area contributed by atoms with Crippen LogP contribution in [-0.4, -0.2) is 24.1 Å². The Labute approximate surface area is 118 Å². The zero-order valence-corrected chi connectivity index (χ0v) is 11.4. The van der Waals surface area contributed by atoms with Crippen LogP contribution in [0.4, 0.5) is 14.5 Å². The fourth-order valence-electron chi connectivity index (χ4n) is 2.17. The number of nitrogens with zero attached hydrogens (tertiary/aromatic N) is 1. The molecule has 2 rings (SSSR count). The SMILES string of the molecule is CC(C)(CN1C(=O)C(=O)c2c(F)ccc(F)c21)C(=O)NN. The topological polar surface area (TPSA) is 92.5 Å². The minimum absolute atomic E-state index is 0.312. The number of carbonyl (C=O) groups is 3. The molecule has 1 aliphatic rings. The molecule has 21 heavy (non-hydrogen) atoms. The molecule has 0 fully saturated rings. The summed E-state index contributed by atoms with van der Waals surface area (Å²) in [6.45, 7) is 2.61. The van der Waals surface area contributed by atoms with E-state index in [9.17, 15) is 23.2 Å². The third-order valence-electron chi connectivity index (χ3n) is 3.31. The van der Waals surface area contributed by atoms with Crippen molar-refractivity contribution >= 4 is 23.3 Å². The van der Waals surface area contributed by atoms with Crippen molar-refractivity contribution in [2.75, 3.05) is 11.4 Å². The van der Waals surface area contributed by atoms with Gasteiger partial charge in [-0.15, -0.1) is 0 Å². The largest absolute Gasteiger partial charge is 0.301 e. The van der Waals surface area contributed by atoms with Gasteiger partial charge in [-0.3, -0.25) is 19.8 Å². The van der Waals surface area contributed by atoms with Gasteiger partial charge in [-0.05, 0) is 26.0 Å². The first-order chi connectivity index (χ1) is 9.70. The third-order valence-corrected chi connectivity index (χ3v) is 3.31. The van der Waals surface area contributed by atoms with E-state index in [1.165, 1.54) is 13.8 Å². The van der Waals surface area contributed by atoms with E-state index in [1.807, 2.05) is 5.43 Å². The van der Waals surface area contributed by atoms with Crippen molar-refractivity contribution in [1.82, 2.24) is 5.43 Å². The number of carbonyl (C=O) groups excluding carboxylic acids is 3. The molecule has 0 bridgehead atoms. The number of fused-ring (bicyclic) bond motifs is 1. The zero-order valence-electron chi connectivity index (χ0n) is 11.4. The van der Waals surface area contributed by atoms with Crippen LogP contribution < -0.4 is 16.2 Å². The van der Waals surface area contributed by atoms with Crippen LogP contribution in [0, 0.1) is 17.0 Å². The normalized spacial score (nSPS) is 14.4. The molecule has 0 radical (unpaired) electrons. The Morgan fingerprint density at radius 2 is 1.86 bits per heavy atom. The number of ketones is 1. The summed E-state index contributed by atoms with van der Waals surface area (Å²) >= 11 is 0. The Morgan fingerprint density at radius 3 is 2.43 bits per heavy atom. The van der Waals surface area contributed by atoms with E-state index in [1.54, 1.807) is 0 Å². The van der Waals surface area contributed by atoms with Crippen LogP contribution >= 0.6 is 0 Å². The molecule has 0 atom stereocenters. The van der Waals surface area contributed by atoms with Crippen LogP contribution in [0.1, 0.15) is 24.2 Å². The van der Waals surface area contributed by atoms with Gasteiger partial charge < -0.3 is 4.90 Å². The Bertz CT molecular complexity index is 658. The van der Waals surface area contributed by atoms with E-state index in [0.29, 0.717) is 0 Å². The minimum atomic E-state index is -1.19. The van der Waals surface area contributed by atoms with Crippen molar-refractivity contribution in [1.29, 1.82) is 0 Å². The quantitative estimate of drug-likeness (QED) is 0.368. The molecule has 0 aliphatic carbocycles. The van der Waals surface area contributed by atoms with E-state index in [2.05, 4.69) is 0 Å². The lowest BCUT2D eigenvalue weighted by Gasteiger charge is -2.28. The molecule has 8 heteroatoms. The van der Waals surface area contributed by atoms with Crippen molar-refractivity contribution in [3.8, 4) is 0 Å². The van der Waals surface area contributed by atoms with Gasteiger partial charge in [0.15, 0.2) is 0 Å². The highest BCUT2D eigenvalue weighted by molar-refractivity contribution is 6.52. The third kappa shape index (κ3) is 2.27. The number of nitrogens with two attached hydrogens (primary N) is 1. The molecule has 1 heterocycles. The van der Waals surface area contributed by atoms with E-state index < -0.39 is 45.9 Å². The number of hydrogen-bond donors (Lipinski definition) is 2. The predicted octanol–water partition coefficient (Wildman–Crippen LogP) is 0.510. The van der Waals surface area contributed by atoms with Crippen LogP contribution in [0.15, 0.2) is 12.1 Å². The standard InChI is InChI=1S/C13H13F2N3O3/c1-13(2,12(21)17-16)5-18-9-7(15)4-3-6(14)8(9)10(19)11(18)20/h3-4H,5,16H2,1-2H3,(H,17,21). The minimum Gasteiger partial charge on any atom is -0.301 e. The molecule has 0 spiro atoms. The summed E-state index contributed by atoms with van der Waals surface area (Å²) in [6, 6.07) is 1.60.